The topological polar surface area (TPSA) is 26.3 Å². The average molecular weight is 294 g/mol. The normalized spacial score (nSPS) is 11.3. The van der Waals surface area contributed by atoms with Gasteiger partial charge in [0.15, 0.2) is 0 Å². The number of ether oxygens (including phenoxy) is 1. The van der Waals surface area contributed by atoms with E-state index in [4.69, 9.17) is 0 Å². The van der Waals surface area contributed by atoms with Crippen molar-refractivity contribution >= 4 is 5.97 Å². The number of rotatable bonds is 2. The number of esters is 1. The predicted molar refractivity (Wildman–Crippen MR) is 73.0 cm³/mol. The number of alkyl halides is 3. The van der Waals surface area contributed by atoms with Gasteiger partial charge in [0, 0.05) is 0 Å². The minimum Gasteiger partial charge on any atom is -0.465 e. The Bertz CT molecular complexity index is 661. The predicted octanol–water partition coefficient (Wildman–Crippen LogP) is 4.47. The van der Waals surface area contributed by atoms with Crippen LogP contribution in [0.5, 0.6) is 0 Å². The van der Waals surface area contributed by atoms with E-state index in [-0.39, 0.29) is 5.56 Å². The van der Waals surface area contributed by atoms with Gasteiger partial charge in [-0.3, -0.25) is 0 Å². The number of halogens is 3. The van der Waals surface area contributed by atoms with Crippen molar-refractivity contribution in [2.45, 2.75) is 13.1 Å². The van der Waals surface area contributed by atoms with E-state index < -0.39 is 23.3 Å². The lowest BCUT2D eigenvalue weighted by atomic mass is 9.92. The lowest BCUT2D eigenvalue weighted by Crippen LogP contribution is -2.16. The summed E-state index contributed by atoms with van der Waals surface area (Å²) in [4.78, 5) is 11.8. The zero-order valence-electron chi connectivity index (χ0n) is 11.5. The van der Waals surface area contributed by atoms with Crippen LogP contribution in [0.2, 0.25) is 0 Å². The highest BCUT2D eigenvalue weighted by atomic mass is 19.4. The van der Waals surface area contributed by atoms with Crippen molar-refractivity contribution in [3.05, 3.63) is 59.2 Å². The maximum absolute atomic E-state index is 13.1. The Labute approximate surface area is 120 Å². The van der Waals surface area contributed by atoms with Crippen LogP contribution < -0.4 is 0 Å². The van der Waals surface area contributed by atoms with Crippen LogP contribution >= 0.6 is 0 Å². The zero-order chi connectivity index (χ0) is 15.6. The fourth-order valence-electron chi connectivity index (χ4n) is 2.24. The molecule has 110 valence electrons. The van der Waals surface area contributed by atoms with E-state index in [2.05, 4.69) is 4.74 Å². The molecule has 0 aliphatic heterocycles. The van der Waals surface area contributed by atoms with Crippen molar-refractivity contribution in [3.8, 4) is 11.1 Å². The Hall–Kier alpha value is -2.30. The highest BCUT2D eigenvalue weighted by Gasteiger charge is 2.37. The molecule has 2 aromatic rings. The minimum absolute atomic E-state index is 0.253. The van der Waals surface area contributed by atoms with Gasteiger partial charge in [0.1, 0.15) is 0 Å². The highest BCUT2D eigenvalue weighted by Crippen LogP contribution is 2.37. The van der Waals surface area contributed by atoms with Crippen molar-refractivity contribution in [1.82, 2.24) is 0 Å². The van der Waals surface area contributed by atoms with Crippen LogP contribution in [-0.4, -0.2) is 13.1 Å². The van der Waals surface area contributed by atoms with Gasteiger partial charge in [-0.1, -0.05) is 36.4 Å². The number of hydrogen-bond acceptors (Lipinski definition) is 2. The fourth-order valence-corrected chi connectivity index (χ4v) is 2.24. The van der Waals surface area contributed by atoms with Crippen molar-refractivity contribution in [1.29, 1.82) is 0 Å². The summed E-state index contributed by atoms with van der Waals surface area (Å²) in [5.41, 5.74) is 0.152. The molecule has 21 heavy (non-hydrogen) atoms. The van der Waals surface area contributed by atoms with E-state index in [0.717, 1.165) is 18.7 Å². The minimum atomic E-state index is -4.61. The molecule has 0 spiro atoms. The van der Waals surface area contributed by atoms with E-state index in [1.165, 1.54) is 13.0 Å². The molecule has 2 nitrogen and oxygen atoms in total. The van der Waals surface area contributed by atoms with Crippen molar-refractivity contribution < 1.29 is 22.7 Å². The van der Waals surface area contributed by atoms with Gasteiger partial charge in [0.2, 0.25) is 0 Å². The number of hydrogen-bond donors (Lipinski definition) is 0. The summed E-state index contributed by atoms with van der Waals surface area (Å²) in [6.45, 7) is 1.49. The molecule has 0 fully saturated rings. The van der Waals surface area contributed by atoms with Crippen LogP contribution in [0.15, 0.2) is 42.5 Å². The van der Waals surface area contributed by atoms with E-state index in [0.29, 0.717) is 5.56 Å². The number of carbonyl (C=O) groups excluding carboxylic acids is 1. The standard InChI is InChI=1S/C16H13F3O2/c1-10-12(11-6-4-3-5-7-11)8-9-13(16(17,18)19)14(10)15(20)21-2/h3-9H,1-2H3. The molecule has 0 bridgehead atoms. The van der Waals surface area contributed by atoms with Gasteiger partial charge in [-0.2, -0.15) is 13.2 Å². The molecule has 0 heterocycles. The molecule has 0 aliphatic carbocycles. The first-order chi connectivity index (χ1) is 9.86. The first-order valence-corrected chi connectivity index (χ1v) is 6.20. The highest BCUT2D eigenvalue weighted by molar-refractivity contribution is 5.95. The Balaban J connectivity index is 2.71. The Morgan fingerprint density at radius 1 is 1.05 bits per heavy atom. The Morgan fingerprint density at radius 3 is 2.19 bits per heavy atom. The van der Waals surface area contributed by atoms with Crippen molar-refractivity contribution in [2.24, 2.45) is 0 Å². The molecule has 0 aromatic heterocycles. The fraction of sp³-hybridized carbons (Fsp3) is 0.188. The molecular formula is C16H13F3O2. The van der Waals surface area contributed by atoms with Crippen molar-refractivity contribution in [2.75, 3.05) is 7.11 Å². The SMILES string of the molecule is COC(=O)c1c(C(F)(F)F)ccc(-c2ccccc2)c1C. The summed E-state index contributed by atoms with van der Waals surface area (Å²) in [6.07, 6.45) is -4.61. The van der Waals surface area contributed by atoms with Crippen LogP contribution in [0.1, 0.15) is 21.5 Å². The van der Waals surface area contributed by atoms with Gasteiger partial charge in [0.25, 0.3) is 0 Å². The van der Waals surface area contributed by atoms with Crippen LogP contribution in [0, 0.1) is 6.92 Å². The van der Waals surface area contributed by atoms with E-state index in [1.54, 1.807) is 24.3 Å². The quantitative estimate of drug-likeness (QED) is 0.764. The van der Waals surface area contributed by atoms with Gasteiger partial charge in [-0.05, 0) is 29.7 Å². The zero-order valence-corrected chi connectivity index (χ0v) is 11.5. The van der Waals surface area contributed by atoms with Crippen LogP contribution in [0.25, 0.3) is 11.1 Å². The monoisotopic (exact) mass is 294 g/mol. The molecule has 0 radical (unpaired) electrons. The molecule has 0 aliphatic rings. The smallest absolute Gasteiger partial charge is 0.417 e. The summed E-state index contributed by atoms with van der Waals surface area (Å²) in [6, 6.07) is 11.2. The summed E-state index contributed by atoms with van der Waals surface area (Å²) < 4.78 is 43.7. The number of benzene rings is 2. The van der Waals surface area contributed by atoms with Crippen LogP contribution in [0.3, 0.4) is 0 Å². The Morgan fingerprint density at radius 2 is 1.67 bits per heavy atom. The van der Waals surface area contributed by atoms with Crippen molar-refractivity contribution in [3.63, 3.8) is 0 Å². The lowest BCUT2D eigenvalue weighted by molar-refractivity contribution is -0.138. The first-order valence-electron chi connectivity index (χ1n) is 6.20. The molecule has 0 N–H and O–H groups in total. The number of carbonyl (C=O) groups is 1. The number of methoxy groups -OCH3 is 1. The van der Waals surface area contributed by atoms with Crippen LogP contribution in [0.4, 0.5) is 13.2 Å². The molecule has 2 rings (SSSR count). The van der Waals surface area contributed by atoms with Gasteiger partial charge in [0.05, 0.1) is 18.2 Å². The second-order valence-electron chi connectivity index (χ2n) is 4.52. The molecule has 5 heteroatoms. The third kappa shape index (κ3) is 2.91. The molecule has 0 saturated heterocycles. The van der Waals surface area contributed by atoms with E-state index >= 15 is 0 Å². The molecule has 0 saturated carbocycles. The van der Waals surface area contributed by atoms with E-state index in [1.807, 2.05) is 6.07 Å². The van der Waals surface area contributed by atoms with Gasteiger partial charge < -0.3 is 4.74 Å². The molecular weight excluding hydrogens is 281 g/mol. The third-order valence-electron chi connectivity index (χ3n) is 3.24. The second kappa shape index (κ2) is 5.60. The Kier molecular flexibility index (Phi) is 4.02. The third-order valence-corrected chi connectivity index (χ3v) is 3.24. The maximum atomic E-state index is 13.1. The molecule has 0 amide bonds. The second-order valence-corrected chi connectivity index (χ2v) is 4.52. The molecule has 0 atom stereocenters. The summed E-state index contributed by atoms with van der Waals surface area (Å²) >= 11 is 0. The first kappa shape index (κ1) is 15.1. The van der Waals surface area contributed by atoms with Gasteiger partial charge >= 0.3 is 12.1 Å². The maximum Gasteiger partial charge on any atom is 0.417 e. The summed E-state index contributed by atoms with van der Waals surface area (Å²) in [7, 11) is 1.07. The van der Waals surface area contributed by atoms with Gasteiger partial charge in [-0.25, -0.2) is 4.79 Å². The van der Waals surface area contributed by atoms with Crippen LogP contribution in [-0.2, 0) is 10.9 Å². The lowest BCUT2D eigenvalue weighted by Gasteiger charge is -2.16. The largest absolute Gasteiger partial charge is 0.465 e. The molecule has 0 unspecified atom stereocenters. The summed E-state index contributed by atoms with van der Waals surface area (Å²) in [5, 5.41) is 0. The molecule has 2 aromatic carbocycles. The van der Waals surface area contributed by atoms with Gasteiger partial charge in [-0.15, -0.1) is 0 Å². The van der Waals surface area contributed by atoms with E-state index in [9.17, 15) is 18.0 Å². The average Bonchev–Trinajstić information content (AvgIpc) is 2.46. The summed E-state index contributed by atoms with van der Waals surface area (Å²) in [5.74, 6) is -0.988.